The number of hydrogen-bond donors (Lipinski definition) is 0. The quantitative estimate of drug-likeness (QED) is 0.448. The van der Waals surface area contributed by atoms with E-state index in [0.29, 0.717) is 10.7 Å². The molecule has 0 unspecified atom stereocenters. The molecule has 0 radical (unpaired) electrons. The van der Waals surface area contributed by atoms with E-state index >= 15 is 0 Å². The number of likely N-dealkylation sites (N-methyl/N-ethyl adjacent to an activating group) is 1. The number of benzene rings is 1. The molecule has 1 saturated heterocycles. The Balaban J connectivity index is 1.58. The number of halogens is 1. The topological polar surface area (TPSA) is 55.0 Å². The summed E-state index contributed by atoms with van der Waals surface area (Å²) in [4.78, 5) is 4.85. The van der Waals surface area contributed by atoms with Crippen LogP contribution in [0.5, 0.6) is 0 Å². The Bertz CT molecular complexity index is 1210. The largest absolute Gasteiger partial charge is 0.304 e. The smallest absolute Gasteiger partial charge is 0.184 e. The van der Waals surface area contributed by atoms with Gasteiger partial charge < -0.3 is 9.47 Å². The number of nitrogens with zero attached hydrogens (tertiary/aromatic N) is 7. The molecule has 1 fully saturated rings. The minimum absolute atomic E-state index is 0.595. The molecule has 0 N–H and O–H groups in total. The maximum Gasteiger partial charge on any atom is 0.184 e. The van der Waals surface area contributed by atoms with Gasteiger partial charge >= 0.3 is 0 Å². The van der Waals surface area contributed by atoms with Gasteiger partial charge in [0, 0.05) is 50.2 Å². The highest BCUT2D eigenvalue weighted by atomic mass is 35.5. The average Bonchev–Trinajstić information content (AvgIpc) is 3.44. The van der Waals surface area contributed by atoms with E-state index in [0.717, 1.165) is 68.1 Å². The van der Waals surface area contributed by atoms with E-state index in [1.54, 1.807) is 0 Å². The molecule has 0 amide bonds. The molecule has 7 nitrogen and oxygen atoms in total. The van der Waals surface area contributed by atoms with E-state index in [9.17, 15) is 0 Å². The molecule has 0 atom stereocenters. The number of aromatic nitrogens is 5. The molecule has 3 aromatic heterocycles. The molecule has 0 bridgehead atoms. The summed E-state index contributed by atoms with van der Waals surface area (Å²) < 4.78 is 4.09. The van der Waals surface area contributed by atoms with Crippen molar-refractivity contribution in [3.05, 3.63) is 59.4 Å². The predicted molar refractivity (Wildman–Crippen MR) is 128 cm³/mol. The van der Waals surface area contributed by atoms with Crippen LogP contribution >= 0.6 is 11.6 Å². The van der Waals surface area contributed by atoms with Crippen molar-refractivity contribution < 1.29 is 0 Å². The second-order valence-electron chi connectivity index (χ2n) is 8.34. The monoisotopic (exact) mass is 449 g/mol. The maximum atomic E-state index is 6.99. The lowest BCUT2D eigenvalue weighted by molar-refractivity contribution is 0.149. The van der Waals surface area contributed by atoms with Crippen molar-refractivity contribution in [2.75, 3.05) is 39.8 Å². The van der Waals surface area contributed by atoms with Crippen LogP contribution in [-0.4, -0.2) is 74.1 Å². The van der Waals surface area contributed by atoms with E-state index in [1.165, 1.54) is 5.69 Å². The van der Waals surface area contributed by atoms with Gasteiger partial charge in [-0.05, 0) is 25.6 Å². The Morgan fingerprint density at radius 1 is 0.938 bits per heavy atom. The maximum absolute atomic E-state index is 6.99. The molecule has 0 aliphatic carbocycles. The molecule has 0 spiro atoms. The molecule has 1 aliphatic heterocycles. The first-order valence-electron chi connectivity index (χ1n) is 11.2. The Morgan fingerprint density at radius 2 is 1.72 bits per heavy atom. The van der Waals surface area contributed by atoms with Gasteiger partial charge in [0.2, 0.25) is 0 Å². The molecular formula is C24H28ClN7. The molecule has 8 heteroatoms. The van der Waals surface area contributed by atoms with Gasteiger partial charge in [-0.3, -0.25) is 4.90 Å². The summed E-state index contributed by atoms with van der Waals surface area (Å²) in [6.45, 7) is 8.17. The minimum Gasteiger partial charge on any atom is -0.304 e. The molecule has 166 valence electrons. The Labute approximate surface area is 193 Å². The highest BCUT2D eigenvalue weighted by Gasteiger charge is 2.22. The average molecular weight is 450 g/mol. The fraction of sp³-hybridized carbons (Fsp3) is 0.375. The number of fused-ring (bicyclic) bond motifs is 1. The third-order valence-corrected chi connectivity index (χ3v) is 6.64. The fourth-order valence-corrected chi connectivity index (χ4v) is 4.64. The Morgan fingerprint density at radius 3 is 2.47 bits per heavy atom. The zero-order valence-corrected chi connectivity index (χ0v) is 19.3. The lowest BCUT2D eigenvalue weighted by atomic mass is 10.1. The number of rotatable bonds is 6. The summed E-state index contributed by atoms with van der Waals surface area (Å²) in [7, 11) is 2.18. The van der Waals surface area contributed by atoms with Crippen LogP contribution in [0.3, 0.4) is 0 Å². The molecule has 4 heterocycles. The van der Waals surface area contributed by atoms with Gasteiger partial charge in [0.05, 0.1) is 17.0 Å². The normalized spacial score (nSPS) is 15.6. The van der Waals surface area contributed by atoms with Gasteiger partial charge in [0.1, 0.15) is 5.69 Å². The lowest BCUT2D eigenvalue weighted by Gasteiger charge is -2.32. The van der Waals surface area contributed by atoms with Crippen LogP contribution in [0.25, 0.3) is 28.1 Å². The van der Waals surface area contributed by atoms with Gasteiger partial charge in [-0.1, -0.05) is 48.9 Å². The first-order valence-corrected chi connectivity index (χ1v) is 11.6. The summed E-state index contributed by atoms with van der Waals surface area (Å²) in [5, 5.41) is 15.6. The predicted octanol–water partition coefficient (Wildman–Crippen LogP) is 3.75. The standard InChI is InChI=1S/C24H28ClN7/c1-3-19-10-7-11-31(19)24-20-21(25)22(18-8-5-4-6-9-18)26-27-23(20)32(28-24)17-16-30-14-12-29(2)13-15-30/h4-11H,3,12-17H2,1-2H3. The molecule has 32 heavy (non-hydrogen) atoms. The highest BCUT2D eigenvalue weighted by molar-refractivity contribution is 6.38. The van der Waals surface area contributed by atoms with Gasteiger partial charge in [-0.15, -0.1) is 10.2 Å². The van der Waals surface area contributed by atoms with Gasteiger partial charge in [-0.2, -0.15) is 5.10 Å². The summed E-state index contributed by atoms with van der Waals surface area (Å²) in [5.74, 6) is 0.817. The number of piperazine rings is 1. The third-order valence-electron chi connectivity index (χ3n) is 6.27. The van der Waals surface area contributed by atoms with Gasteiger partial charge in [-0.25, -0.2) is 4.68 Å². The van der Waals surface area contributed by atoms with Crippen LogP contribution in [0.2, 0.25) is 5.02 Å². The van der Waals surface area contributed by atoms with Crippen LogP contribution in [0.1, 0.15) is 12.6 Å². The summed E-state index contributed by atoms with van der Waals surface area (Å²) in [6.07, 6.45) is 2.95. The fourth-order valence-electron chi connectivity index (χ4n) is 4.32. The number of hydrogen-bond acceptors (Lipinski definition) is 5. The number of aryl methyl sites for hydroxylation is 1. The SMILES string of the molecule is CCc1cccn1-c1nn(CCN2CCN(C)CC2)c2nnc(-c3ccccc3)c(Cl)c12. The summed E-state index contributed by atoms with van der Waals surface area (Å²) in [5.41, 5.74) is 3.55. The third kappa shape index (κ3) is 3.92. The minimum atomic E-state index is 0.595. The highest BCUT2D eigenvalue weighted by Crippen LogP contribution is 2.35. The molecule has 1 aromatic carbocycles. The Hall–Kier alpha value is -2.74. The first-order chi connectivity index (χ1) is 15.7. The van der Waals surface area contributed by atoms with Crippen molar-refractivity contribution in [2.24, 2.45) is 0 Å². The van der Waals surface area contributed by atoms with Crippen molar-refractivity contribution >= 4 is 22.6 Å². The van der Waals surface area contributed by atoms with E-state index in [1.807, 2.05) is 41.2 Å². The lowest BCUT2D eigenvalue weighted by Crippen LogP contribution is -2.45. The summed E-state index contributed by atoms with van der Waals surface area (Å²) in [6, 6.07) is 14.1. The van der Waals surface area contributed by atoms with Crippen LogP contribution in [-0.2, 0) is 13.0 Å². The van der Waals surface area contributed by atoms with Gasteiger partial charge in [0.25, 0.3) is 0 Å². The van der Waals surface area contributed by atoms with Crippen LogP contribution in [0.15, 0.2) is 48.7 Å². The van der Waals surface area contributed by atoms with Crippen molar-refractivity contribution in [2.45, 2.75) is 19.9 Å². The van der Waals surface area contributed by atoms with Crippen molar-refractivity contribution in [3.8, 4) is 17.1 Å². The second-order valence-corrected chi connectivity index (χ2v) is 8.72. The first kappa shape index (κ1) is 21.1. The van der Waals surface area contributed by atoms with Crippen molar-refractivity contribution in [3.63, 3.8) is 0 Å². The van der Waals surface area contributed by atoms with E-state index in [4.69, 9.17) is 16.7 Å². The van der Waals surface area contributed by atoms with Gasteiger partial charge in [0.15, 0.2) is 11.5 Å². The molecule has 0 saturated carbocycles. The zero-order valence-electron chi connectivity index (χ0n) is 18.6. The zero-order chi connectivity index (χ0) is 22.1. The van der Waals surface area contributed by atoms with E-state index in [-0.39, 0.29) is 0 Å². The Kier molecular flexibility index (Phi) is 5.95. The molecule has 1 aliphatic rings. The van der Waals surface area contributed by atoms with Crippen molar-refractivity contribution in [1.82, 2.24) is 34.3 Å². The van der Waals surface area contributed by atoms with Crippen LogP contribution in [0.4, 0.5) is 0 Å². The summed E-state index contributed by atoms with van der Waals surface area (Å²) >= 11 is 6.99. The molecule has 5 rings (SSSR count). The van der Waals surface area contributed by atoms with Crippen LogP contribution in [0, 0.1) is 0 Å². The van der Waals surface area contributed by atoms with Crippen molar-refractivity contribution in [1.29, 1.82) is 0 Å². The van der Waals surface area contributed by atoms with E-state index in [2.05, 4.69) is 50.7 Å². The van der Waals surface area contributed by atoms with Crippen LogP contribution < -0.4 is 0 Å². The molecule has 4 aromatic rings. The second kappa shape index (κ2) is 9.02. The van der Waals surface area contributed by atoms with E-state index < -0.39 is 0 Å². The molecular weight excluding hydrogens is 422 g/mol.